The van der Waals surface area contributed by atoms with Gasteiger partial charge in [0.2, 0.25) is 0 Å². The van der Waals surface area contributed by atoms with Crippen molar-refractivity contribution in [3.8, 4) is 5.75 Å². The minimum absolute atomic E-state index is 0.410. The van der Waals surface area contributed by atoms with Crippen molar-refractivity contribution in [3.05, 3.63) is 65.2 Å². The number of rotatable bonds is 3. The van der Waals surface area contributed by atoms with Crippen LogP contribution in [0.4, 0.5) is 0 Å². The minimum atomic E-state index is 0.410. The molecule has 1 aliphatic rings. The molecule has 1 aliphatic heterocycles. The van der Waals surface area contributed by atoms with E-state index < -0.39 is 0 Å². The summed E-state index contributed by atoms with van der Waals surface area (Å²) < 4.78 is 5.47. The minimum Gasteiger partial charge on any atom is -0.497 e. The van der Waals surface area contributed by atoms with Crippen molar-refractivity contribution >= 4 is 0 Å². The molecule has 116 valence electrons. The van der Waals surface area contributed by atoms with Crippen LogP contribution in [0.2, 0.25) is 0 Å². The molecule has 2 aromatic carbocycles. The van der Waals surface area contributed by atoms with Crippen LogP contribution in [0.1, 0.15) is 36.0 Å². The SMILES string of the molecule is CC[C@@H]1Cc2ccc(OC)cc2[C@H](c2ccccc2)CN1C. The first-order valence-corrected chi connectivity index (χ1v) is 8.15. The van der Waals surface area contributed by atoms with Crippen molar-refractivity contribution in [2.75, 3.05) is 20.7 Å². The summed E-state index contributed by atoms with van der Waals surface area (Å²) in [5, 5.41) is 0. The van der Waals surface area contributed by atoms with Gasteiger partial charge in [-0.15, -0.1) is 0 Å². The largest absolute Gasteiger partial charge is 0.497 e. The molecular weight excluding hydrogens is 270 g/mol. The third-order valence-corrected chi connectivity index (χ3v) is 4.95. The molecule has 2 nitrogen and oxygen atoms in total. The number of nitrogens with zero attached hydrogens (tertiary/aromatic N) is 1. The maximum Gasteiger partial charge on any atom is 0.119 e. The topological polar surface area (TPSA) is 12.5 Å². The Morgan fingerprint density at radius 2 is 1.91 bits per heavy atom. The molecule has 2 aromatic rings. The summed E-state index contributed by atoms with van der Waals surface area (Å²) in [7, 11) is 4.00. The van der Waals surface area contributed by atoms with E-state index in [4.69, 9.17) is 4.74 Å². The Kier molecular flexibility index (Phi) is 4.49. The van der Waals surface area contributed by atoms with Gasteiger partial charge in [-0.05, 0) is 48.7 Å². The lowest BCUT2D eigenvalue weighted by molar-refractivity contribution is 0.236. The summed E-state index contributed by atoms with van der Waals surface area (Å²) in [5.41, 5.74) is 4.28. The molecular formula is C20H25NO. The molecule has 22 heavy (non-hydrogen) atoms. The average molecular weight is 295 g/mol. The first kappa shape index (κ1) is 15.1. The lowest BCUT2D eigenvalue weighted by Gasteiger charge is -2.27. The summed E-state index contributed by atoms with van der Waals surface area (Å²) in [6.07, 6.45) is 2.30. The van der Waals surface area contributed by atoms with E-state index in [-0.39, 0.29) is 0 Å². The van der Waals surface area contributed by atoms with Crippen LogP contribution in [0.25, 0.3) is 0 Å². The lowest BCUT2D eigenvalue weighted by atomic mass is 9.87. The summed E-state index contributed by atoms with van der Waals surface area (Å²) in [6, 6.07) is 18.0. The van der Waals surface area contributed by atoms with Crippen molar-refractivity contribution in [3.63, 3.8) is 0 Å². The highest BCUT2D eigenvalue weighted by Crippen LogP contribution is 2.35. The maximum absolute atomic E-state index is 5.47. The molecule has 0 fully saturated rings. The van der Waals surface area contributed by atoms with Gasteiger partial charge in [-0.3, -0.25) is 0 Å². The summed E-state index contributed by atoms with van der Waals surface area (Å²) in [5.74, 6) is 1.37. The van der Waals surface area contributed by atoms with E-state index >= 15 is 0 Å². The molecule has 0 amide bonds. The van der Waals surface area contributed by atoms with Gasteiger partial charge in [-0.2, -0.15) is 0 Å². The quantitative estimate of drug-likeness (QED) is 0.845. The van der Waals surface area contributed by atoms with Crippen LogP contribution in [0.15, 0.2) is 48.5 Å². The zero-order chi connectivity index (χ0) is 15.5. The molecule has 0 bridgehead atoms. The van der Waals surface area contributed by atoms with Crippen LogP contribution in [-0.4, -0.2) is 31.6 Å². The molecule has 2 heteroatoms. The molecule has 0 saturated carbocycles. The van der Waals surface area contributed by atoms with Crippen LogP contribution in [0.3, 0.4) is 0 Å². The van der Waals surface area contributed by atoms with Crippen molar-refractivity contribution in [1.82, 2.24) is 4.90 Å². The highest BCUT2D eigenvalue weighted by Gasteiger charge is 2.27. The van der Waals surface area contributed by atoms with E-state index in [1.165, 1.54) is 23.1 Å². The highest BCUT2D eigenvalue weighted by atomic mass is 16.5. The zero-order valence-corrected chi connectivity index (χ0v) is 13.8. The van der Waals surface area contributed by atoms with Crippen molar-refractivity contribution in [2.24, 2.45) is 0 Å². The fourth-order valence-corrected chi connectivity index (χ4v) is 3.58. The molecule has 1 heterocycles. The Morgan fingerprint density at radius 3 is 2.59 bits per heavy atom. The average Bonchev–Trinajstić information content (AvgIpc) is 2.71. The van der Waals surface area contributed by atoms with Crippen LogP contribution >= 0.6 is 0 Å². The van der Waals surface area contributed by atoms with Gasteiger partial charge in [0, 0.05) is 18.5 Å². The monoisotopic (exact) mass is 295 g/mol. The number of hydrogen-bond donors (Lipinski definition) is 0. The number of methoxy groups -OCH3 is 1. The van der Waals surface area contributed by atoms with Crippen LogP contribution in [0, 0.1) is 0 Å². The molecule has 0 radical (unpaired) electrons. The lowest BCUT2D eigenvalue weighted by Crippen LogP contribution is -2.33. The van der Waals surface area contributed by atoms with Crippen LogP contribution < -0.4 is 4.74 Å². The Hall–Kier alpha value is -1.80. The fraction of sp³-hybridized carbons (Fsp3) is 0.400. The Labute approximate surface area is 133 Å². The smallest absolute Gasteiger partial charge is 0.119 e. The normalized spacial score (nSPS) is 22.0. The molecule has 0 spiro atoms. The molecule has 2 atom stereocenters. The molecule has 0 unspecified atom stereocenters. The predicted molar refractivity (Wildman–Crippen MR) is 91.7 cm³/mol. The van der Waals surface area contributed by atoms with E-state index in [1.54, 1.807) is 7.11 Å². The van der Waals surface area contributed by atoms with E-state index in [9.17, 15) is 0 Å². The second-order valence-electron chi connectivity index (χ2n) is 6.23. The van der Waals surface area contributed by atoms with Gasteiger partial charge in [0.1, 0.15) is 5.75 Å². The van der Waals surface area contributed by atoms with Crippen molar-refractivity contribution in [2.45, 2.75) is 31.7 Å². The van der Waals surface area contributed by atoms with Crippen molar-refractivity contribution in [1.29, 1.82) is 0 Å². The van der Waals surface area contributed by atoms with E-state index in [1.807, 2.05) is 0 Å². The summed E-state index contributed by atoms with van der Waals surface area (Å²) in [4.78, 5) is 2.52. The van der Waals surface area contributed by atoms with Gasteiger partial charge in [-0.1, -0.05) is 43.3 Å². The molecule has 0 N–H and O–H groups in total. The van der Waals surface area contributed by atoms with Gasteiger partial charge >= 0.3 is 0 Å². The van der Waals surface area contributed by atoms with E-state index in [2.05, 4.69) is 67.4 Å². The number of hydrogen-bond acceptors (Lipinski definition) is 2. The zero-order valence-electron chi connectivity index (χ0n) is 13.8. The molecule has 3 rings (SSSR count). The standard InChI is InChI=1S/C20H25NO/c1-4-17-12-16-10-11-18(22-3)13-19(16)20(14-21(17)2)15-8-6-5-7-9-15/h5-11,13,17,20H,4,12,14H2,1-3H3/t17-,20+/m1/s1. The second-order valence-corrected chi connectivity index (χ2v) is 6.23. The number of benzene rings is 2. The Bertz CT molecular complexity index is 623. The highest BCUT2D eigenvalue weighted by molar-refractivity contribution is 5.44. The fourth-order valence-electron chi connectivity index (χ4n) is 3.58. The Morgan fingerprint density at radius 1 is 1.14 bits per heavy atom. The first-order chi connectivity index (χ1) is 10.7. The van der Waals surface area contributed by atoms with Gasteiger partial charge < -0.3 is 9.64 Å². The van der Waals surface area contributed by atoms with E-state index in [0.29, 0.717) is 12.0 Å². The molecule has 0 aliphatic carbocycles. The number of fused-ring (bicyclic) bond motifs is 1. The van der Waals surface area contributed by atoms with Gasteiger partial charge in [-0.25, -0.2) is 0 Å². The second kappa shape index (κ2) is 6.53. The van der Waals surface area contributed by atoms with Crippen LogP contribution in [0.5, 0.6) is 5.75 Å². The van der Waals surface area contributed by atoms with Crippen molar-refractivity contribution < 1.29 is 4.74 Å². The summed E-state index contributed by atoms with van der Waals surface area (Å²) >= 11 is 0. The Balaban J connectivity index is 2.09. The molecule has 0 saturated heterocycles. The first-order valence-electron chi connectivity index (χ1n) is 8.15. The van der Waals surface area contributed by atoms with E-state index in [0.717, 1.165) is 18.7 Å². The maximum atomic E-state index is 5.47. The summed E-state index contributed by atoms with van der Waals surface area (Å²) in [6.45, 7) is 3.34. The third-order valence-electron chi connectivity index (χ3n) is 4.95. The van der Waals surface area contributed by atoms with Crippen LogP contribution in [-0.2, 0) is 6.42 Å². The van der Waals surface area contributed by atoms with Gasteiger partial charge in [0.15, 0.2) is 0 Å². The van der Waals surface area contributed by atoms with Gasteiger partial charge in [0.25, 0.3) is 0 Å². The number of likely N-dealkylation sites (N-methyl/N-ethyl adjacent to an activating group) is 1. The number of ether oxygens (including phenoxy) is 1. The van der Waals surface area contributed by atoms with Gasteiger partial charge in [0.05, 0.1) is 7.11 Å². The third kappa shape index (κ3) is 2.89. The molecule has 0 aromatic heterocycles. The predicted octanol–water partition coefficient (Wildman–Crippen LogP) is 4.09.